The van der Waals surface area contributed by atoms with Gasteiger partial charge >= 0.3 is 0 Å². The molecule has 1 aromatic carbocycles. The van der Waals surface area contributed by atoms with E-state index in [2.05, 4.69) is 24.4 Å². The molecule has 0 radical (unpaired) electrons. The van der Waals surface area contributed by atoms with E-state index in [0.717, 1.165) is 16.4 Å². The number of hydrogen-bond acceptors (Lipinski definition) is 3. The number of nitrogens with one attached hydrogen (secondary N) is 2. The van der Waals surface area contributed by atoms with Crippen molar-refractivity contribution in [2.75, 3.05) is 19.5 Å². The van der Waals surface area contributed by atoms with Crippen LogP contribution in [0.4, 0.5) is 5.69 Å². The third kappa shape index (κ3) is 10.1. The highest BCUT2D eigenvalue weighted by Crippen LogP contribution is 2.23. The van der Waals surface area contributed by atoms with Crippen LogP contribution >= 0.6 is 11.6 Å². The SMILES string of the molecule is C=C/C(=C\C=C/C)N(C)C(C)=O.CC.CNNc1cc(Cl)cc(C)c1C. The van der Waals surface area contributed by atoms with Crippen LogP contribution in [0.1, 0.15) is 38.8 Å². The number of hydrazine groups is 1. The van der Waals surface area contributed by atoms with Gasteiger partial charge in [0.1, 0.15) is 0 Å². The molecule has 1 rings (SSSR count). The van der Waals surface area contributed by atoms with Crippen molar-refractivity contribution in [1.29, 1.82) is 0 Å². The second-order valence-electron chi connectivity index (χ2n) is 5.17. The third-order valence-corrected chi connectivity index (χ3v) is 3.64. The number of nitrogens with zero attached hydrogens (tertiary/aromatic N) is 1. The summed E-state index contributed by atoms with van der Waals surface area (Å²) < 4.78 is 0. The molecule has 26 heavy (non-hydrogen) atoms. The average molecular weight is 380 g/mol. The van der Waals surface area contributed by atoms with Crippen LogP contribution in [0.2, 0.25) is 5.02 Å². The Labute approximate surface area is 164 Å². The molecule has 0 heterocycles. The number of hydrogen-bond donors (Lipinski definition) is 2. The molecule has 0 saturated carbocycles. The summed E-state index contributed by atoms with van der Waals surface area (Å²) in [5.41, 5.74) is 10.1. The van der Waals surface area contributed by atoms with E-state index in [0.29, 0.717) is 0 Å². The van der Waals surface area contributed by atoms with Gasteiger partial charge in [-0.05, 0) is 56.2 Å². The number of carbonyl (C=O) groups excluding carboxylic acids is 1. The van der Waals surface area contributed by atoms with Crippen LogP contribution in [0.25, 0.3) is 0 Å². The van der Waals surface area contributed by atoms with Gasteiger partial charge in [0.2, 0.25) is 5.91 Å². The quantitative estimate of drug-likeness (QED) is 0.514. The van der Waals surface area contributed by atoms with Crippen molar-refractivity contribution in [2.24, 2.45) is 0 Å². The number of anilines is 1. The molecule has 2 N–H and O–H groups in total. The molecule has 0 bridgehead atoms. The zero-order valence-corrected chi connectivity index (χ0v) is 18.2. The minimum atomic E-state index is 0.00523. The minimum absolute atomic E-state index is 0.00523. The predicted molar refractivity (Wildman–Crippen MR) is 116 cm³/mol. The molecule has 4 nitrogen and oxygen atoms in total. The summed E-state index contributed by atoms with van der Waals surface area (Å²) in [7, 11) is 3.55. The highest BCUT2D eigenvalue weighted by atomic mass is 35.5. The molecule has 0 unspecified atom stereocenters. The van der Waals surface area contributed by atoms with Crippen LogP contribution < -0.4 is 10.9 Å². The highest BCUT2D eigenvalue weighted by molar-refractivity contribution is 6.31. The van der Waals surface area contributed by atoms with Crippen LogP contribution in [0, 0.1) is 13.8 Å². The Bertz CT molecular complexity index is 622. The number of rotatable bonds is 5. The van der Waals surface area contributed by atoms with Gasteiger partial charge in [-0.15, -0.1) is 0 Å². The maximum atomic E-state index is 10.9. The number of amides is 1. The smallest absolute Gasteiger partial charge is 0.223 e. The van der Waals surface area contributed by atoms with Crippen LogP contribution in [0.3, 0.4) is 0 Å². The second-order valence-corrected chi connectivity index (χ2v) is 5.61. The molecule has 1 aromatic rings. The van der Waals surface area contributed by atoms with Gasteiger partial charge < -0.3 is 10.3 Å². The minimum Gasteiger partial charge on any atom is -0.321 e. The van der Waals surface area contributed by atoms with Gasteiger partial charge in [-0.3, -0.25) is 4.79 Å². The average Bonchev–Trinajstić information content (AvgIpc) is 2.62. The van der Waals surface area contributed by atoms with Crippen LogP contribution in [0.15, 0.2) is 48.7 Å². The Morgan fingerprint density at radius 2 is 1.85 bits per heavy atom. The molecule has 0 atom stereocenters. The molecule has 5 heteroatoms. The summed E-state index contributed by atoms with van der Waals surface area (Å²) in [5.74, 6) is 0.00523. The topological polar surface area (TPSA) is 44.4 Å². The van der Waals surface area contributed by atoms with Crippen molar-refractivity contribution in [1.82, 2.24) is 10.3 Å². The van der Waals surface area contributed by atoms with E-state index in [-0.39, 0.29) is 5.91 Å². The number of likely N-dealkylation sites (N-methyl/N-ethyl adjacent to an activating group) is 1. The van der Waals surface area contributed by atoms with Crippen molar-refractivity contribution >= 4 is 23.2 Å². The fourth-order valence-electron chi connectivity index (χ4n) is 1.77. The van der Waals surface area contributed by atoms with Gasteiger partial charge in [0.25, 0.3) is 0 Å². The van der Waals surface area contributed by atoms with Gasteiger partial charge in [-0.25, -0.2) is 5.43 Å². The molecule has 0 aliphatic heterocycles. The lowest BCUT2D eigenvalue weighted by molar-refractivity contribution is -0.125. The normalized spacial score (nSPS) is 10.3. The largest absolute Gasteiger partial charge is 0.321 e. The monoisotopic (exact) mass is 379 g/mol. The summed E-state index contributed by atoms with van der Waals surface area (Å²) in [6.07, 6.45) is 7.27. The van der Waals surface area contributed by atoms with Crippen molar-refractivity contribution in [3.05, 3.63) is 64.9 Å². The van der Waals surface area contributed by atoms with Crippen molar-refractivity contribution in [3.8, 4) is 0 Å². The Morgan fingerprint density at radius 1 is 1.27 bits per heavy atom. The number of halogens is 1. The van der Waals surface area contributed by atoms with E-state index in [9.17, 15) is 4.79 Å². The molecule has 0 aromatic heterocycles. The Morgan fingerprint density at radius 3 is 2.27 bits per heavy atom. The van der Waals surface area contributed by atoms with Crippen molar-refractivity contribution in [3.63, 3.8) is 0 Å². The Kier molecular flexibility index (Phi) is 15.3. The summed E-state index contributed by atoms with van der Waals surface area (Å²) in [5, 5.41) is 0.760. The lowest BCUT2D eigenvalue weighted by Gasteiger charge is -2.14. The van der Waals surface area contributed by atoms with Gasteiger partial charge in [0, 0.05) is 31.7 Å². The van der Waals surface area contributed by atoms with E-state index in [1.54, 1.807) is 18.0 Å². The number of allylic oxidation sites excluding steroid dienone is 4. The maximum absolute atomic E-state index is 10.9. The highest BCUT2D eigenvalue weighted by Gasteiger charge is 2.03. The summed E-state index contributed by atoms with van der Waals surface area (Å²) in [6.45, 7) is 15.2. The molecule has 0 saturated heterocycles. The van der Waals surface area contributed by atoms with Gasteiger partial charge in [-0.2, -0.15) is 0 Å². The standard InChI is InChI=1S/C10H15NO.C9H13ClN2.C2H6/c1-5-7-8-10(6-2)11(4)9(3)12;1-6-4-8(10)5-9(7(6)2)12-11-3;1-2/h5-8H,2H2,1,3-4H3;4-5,11-12H,1-3H3;1-2H3/b7-5-,10-8+;;. The molecule has 1 amide bonds. The Hall–Kier alpha value is -2.04. The molecule has 146 valence electrons. The molecule has 0 aliphatic carbocycles. The summed E-state index contributed by atoms with van der Waals surface area (Å²) in [4.78, 5) is 12.5. The number of carbonyl (C=O) groups is 1. The molecular formula is C21H34ClN3O. The zero-order valence-electron chi connectivity index (χ0n) is 17.4. The van der Waals surface area contributed by atoms with E-state index in [1.165, 1.54) is 18.1 Å². The second kappa shape index (κ2) is 15.2. The van der Waals surface area contributed by atoms with E-state index >= 15 is 0 Å². The predicted octanol–water partition coefficient (Wildman–Crippen LogP) is 5.64. The zero-order chi connectivity index (χ0) is 20.7. The lowest BCUT2D eigenvalue weighted by Crippen LogP contribution is -2.21. The van der Waals surface area contributed by atoms with E-state index in [1.807, 2.05) is 65.1 Å². The first-order valence-corrected chi connectivity index (χ1v) is 9.05. The first-order chi connectivity index (χ1) is 12.3. The summed E-state index contributed by atoms with van der Waals surface area (Å²) >= 11 is 5.89. The molecule has 0 aliphatic rings. The fourth-order valence-corrected chi connectivity index (χ4v) is 2.05. The van der Waals surface area contributed by atoms with Gasteiger partial charge in [0.05, 0.1) is 5.69 Å². The molecule has 0 spiro atoms. The summed E-state index contributed by atoms with van der Waals surface area (Å²) in [6, 6.07) is 3.86. The number of aryl methyl sites for hydroxylation is 1. The van der Waals surface area contributed by atoms with E-state index in [4.69, 9.17) is 11.6 Å². The van der Waals surface area contributed by atoms with Crippen molar-refractivity contribution in [2.45, 2.75) is 41.5 Å². The Balaban J connectivity index is 0. The molecular weight excluding hydrogens is 346 g/mol. The maximum Gasteiger partial charge on any atom is 0.223 e. The van der Waals surface area contributed by atoms with Crippen LogP contribution in [-0.2, 0) is 4.79 Å². The molecule has 0 fully saturated rings. The van der Waals surface area contributed by atoms with Gasteiger partial charge in [0.15, 0.2) is 0 Å². The van der Waals surface area contributed by atoms with Crippen LogP contribution in [0.5, 0.6) is 0 Å². The van der Waals surface area contributed by atoms with Crippen LogP contribution in [-0.4, -0.2) is 24.9 Å². The van der Waals surface area contributed by atoms with Crippen molar-refractivity contribution < 1.29 is 4.79 Å². The first kappa shape index (κ1) is 26.2. The number of benzene rings is 1. The fraction of sp³-hybridized carbons (Fsp3) is 0.381. The first-order valence-electron chi connectivity index (χ1n) is 8.67. The van der Waals surface area contributed by atoms with E-state index < -0.39 is 0 Å². The van der Waals surface area contributed by atoms with Gasteiger partial charge in [-0.1, -0.05) is 44.2 Å². The lowest BCUT2D eigenvalue weighted by atomic mass is 10.1. The third-order valence-electron chi connectivity index (χ3n) is 3.42.